The van der Waals surface area contributed by atoms with E-state index in [0.717, 1.165) is 61.1 Å². The van der Waals surface area contributed by atoms with Crippen molar-refractivity contribution in [2.75, 3.05) is 0 Å². The first kappa shape index (κ1) is 37.7. The van der Waals surface area contributed by atoms with Crippen LogP contribution in [-0.2, 0) is 5.41 Å². The van der Waals surface area contributed by atoms with E-state index in [1.165, 1.54) is 65.8 Å². The van der Waals surface area contributed by atoms with Gasteiger partial charge in [0.25, 0.3) is 0 Å². The third-order valence-electron chi connectivity index (χ3n) is 14.5. The zero-order valence-electron chi connectivity index (χ0n) is 37.1. The average Bonchev–Trinajstić information content (AvgIpc) is 3.98. The van der Waals surface area contributed by atoms with Crippen LogP contribution in [0.25, 0.3) is 122 Å². The molecule has 0 N–H and O–H groups in total. The second kappa shape index (κ2) is 14.2. The first-order chi connectivity index (χ1) is 33.0. The number of hydrogen-bond acceptors (Lipinski definition) is 2. The molecule has 3 aromatic heterocycles. The zero-order chi connectivity index (χ0) is 44.4. The van der Waals surface area contributed by atoms with Crippen molar-refractivity contribution in [2.45, 2.75) is 19.3 Å². The van der Waals surface area contributed by atoms with Crippen LogP contribution < -0.4 is 0 Å². The summed E-state index contributed by atoms with van der Waals surface area (Å²) in [6, 6.07) is 79.5. The van der Waals surface area contributed by atoms with Crippen LogP contribution >= 0.6 is 0 Å². The molecule has 4 heteroatoms. The highest BCUT2D eigenvalue weighted by atomic mass is 15.0. The Labute approximate surface area is 387 Å². The van der Waals surface area contributed by atoms with E-state index in [4.69, 9.17) is 9.97 Å². The van der Waals surface area contributed by atoms with Crippen molar-refractivity contribution in [3.05, 3.63) is 230 Å². The molecule has 14 rings (SSSR count). The summed E-state index contributed by atoms with van der Waals surface area (Å²) in [6.07, 6.45) is 0. The molecule has 0 unspecified atom stereocenters. The molecule has 0 atom stereocenters. The molecule has 3 heterocycles. The van der Waals surface area contributed by atoms with Gasteiger partial charge in [0, 0.05) is 54.8 Å². The highest BCUT2D eigenvalue weighted by Gasteiger charge is 2.35. The van der Waals surface area contributed by atoms with Crippen LogP contribution in [0.5, 0.6) is 0 Å². The van der Waals surface area contributed by atoms with Gasteiger partial charge in [-0.2, -0.15) is 0 Å². The minimum Gasteiger partial charge on any atom is -0.309 e. The fourth-order valence-electron chi connectivity index (χ4n) is 11.3. The van der Waals surface area contributed by atoms with Gasteiger partial charge in [-0.25, -0.2) is 9.97 Å². The molecule has 1 aliphatic carbocycles. The van der Waals surface area contributed by atoms with Gasteiger partial charge in [0.1, 0.15) is 0 Å². The van der Waals surface area contributed by atoms with Gasteiger partial charge in [0.05, 0.1) is 33.3 Å². The number of nitrogens with zero attached hydrogens (tertiary/aromatic N) is 4. The lowest BCUT2D eigenvalue weighted by atomic mass is 9.82. The van der Waals surface area contributed by atoms with Gasteiger partial charge in [0.2, 0.25) is 0 Å². The maximum atomic E-state index is 5.56. The number of para-hydroxylation sites is 3. The molecule has 0 saturated heterocycles. The van der Waals surface area contributed by atoms with Gasteiger partial charge >= 0.3 is 0 Å². The molecule has 4 nitrogen and oxygen atoms in total. The van der Waals surface area contributed by atoms with E-state index in [-0.39, 0.29) is 5.41 Å². The summed E-state index contributed by atoms with van der Waals surface area (Å²) in [6.45, 7) is 4.67. The lowest BCUT2D eigenvalue weighted by molar-refractivity contribution is 0.660. The molecule has 67 heavy (non-hydrogen) atoms. The van der Waals surface area contributed by atoms with Gasteiger partial charge in [-0.05, 0) is 105 Å². The maximum Gasteiger partial charge on any atom is 0.160 e. The SMILES string of the molecule is CC1(C)c2ccccc2-c2cc(-c3nc(-c4cccc(-n5c6ccccc6c6ccc(-c7ccc8c9ccccc9n(-c9ccccc9)c8c7)cc65)c4)nc4ccc5ccccc5c34)ccc21. The Morgan fingerprint density at radius 1 is 0.358 bits per heavy atom. The lowest BCUT2D eigenvalue weighted by Gasteiger charge is -2.21. The number of fused-ring (bicyclic) bond motifs is 12. The third kappa shape index (κ3) is 5.60. The predicted octanol–water partition coefficient (Wildman–Crippen LogP) is 16.3. The van der Waals surface area contributed by atoms with E-state index >= 15 is 0 Å². The molecule has 0 saturated carbocycles. The van der Waals surface area contributed by atoms with Crippen molar-refractivity contribution in [1.29, 1.82) is 0 Å². The highest BCUT2D eigenvalue weighted by Crippen LogP contribution is 2.50. The molecule has 13 aromatic rings. The monoisotopic (exact) mass is 854 g/mol. The fraction of sp³-hybridized carbons (Fsp3) is 0.0476. The van der Waals surface area contributed by atoms with E-state index < -0.39 is 0 Å². The van der Waals surface area contributed by atoms with Crippen LogP contribution in [0.15, 0.2) is 218 Å². The summed E-state index contributed by atoms with van der Waals surface area (Å²) < 4.78 is 4.80. The minimum atomic E-state index is -0.0820. The van der Waals surface area contributed by atoms with Crippen molar-refractivity contribution < 1.29 is 0 Å². The quantitative estimate of drug-likeness (QED) is 0.162. The van der Waals surface area contributed by atoms with Crippen LogP contribution in [0, 0.1) is 0 Å². The molecule has 0 radical (unpaired) electrons. The highest BCUT2D eigenvalue weighted by molar-refractivity contribution is 6.14. The Kier molecular flexibility index (Phi) is 8.00. The Morgan fingerprint density at radius 3 is 1.69 bits per heavy atom. The summed E-state index contributed by atoms with van der Waals surface area (Å²) in [7, 11) is 0. The summed E-state index contributed by atoms with van der Waals surface area (Å²) in [5.41, 5.74) is 18.3. The predicted molar refractivity (Wildman–Crippen MR) is 280 cm³/mol. The standard InChI is InChI=1S/C63H42N4/c1-63(2)53-24-11-8-21-47(53)52-36-42(29-33-54(52)63)61-60-46-20-7-6-15-39(46)30-34-55(60)64-62(65-61)43-16-14-19-45(35-43)67-57-26-13-10-23-49(57)51-32-28-41(38-59(51)67)40-27-31-50-48-22-9-12-25-56(48)66(58(50)37-40)44-17-4-3-5-18-44/h3-38H,1-2H3. The van der Waals surface area contributed by atoms with E-state index in [2.05, 4.69) is 241 Å². The molecular weight excluding hydrogens is 813 g/mol. The van der Waals surface area contributed by atoms with E-state index in [1.54, 1.807) is 0 Å². The Bertz CT molecular complexity index is 4190. The van der Waals surface area contributed by atoms with E-state index in [9.17, 15) is 0 Å². The average molecular weight is 855 g/mol. The second-order valence-electron chi connectivity index (χ2n) is 18.6. The van der Waals surface area contributed by atoms with Gasteiger partial charge in [-0.1, -0.05) is 172 Å². The van der Waals surface area contributed by atoms with E-state index in [1.807, 2.05) is 0 Å². The summed E-state index contributed by atoms with van der Waals surface area (Å²) >= 11 is 0. The molecular formula is C63H42N4. The molecule has 0 amide bonds. The summed E-state index contributed by atoms with van der Waals surface area (Å²) in [5, 5.41) is 8.31. The summed E-state index contributed by atoms with van der Waals surface area (Å²) in [4.78, 5) is 10.9. The Hall–Kier alpha value is -8.60. The van der Waals surface area contributed by atoms with Crippen molar-refractivity contribution in [1.82, 2.24) is 19.1 Å². The molecule has 314 valence electrons. The Morgan fingerprint density at radius 2 is 0.940 bits per heavy atom. The van der Waals surface area contributed by atoms with Gasteiger partial charge in [-0.15, -0.1) is 0 Å². The van der Waals surface area contributed by atoms with Crippen LogP contribution in [-0.4, -0.2) is 19.1 Å². The topological polar surface area (TPSA) is 35.6 Å². The summed E-state index contributed by atoms with van der Waals surface area (Å²) in [5.74, 6) is 0.699. The van der Waals surface area contributed by atoms with Crippen LogP contribution in [0.3, 0.4) is 0 Å². The van der Waals surface area contributed by atoms with Gasteiger partial charge in [0.15, 0.2) is 5.82 Å². The van der Waals surface area contributed by atoms with Crippen molar-refractivity contribution in [2.24, 2.45) is 0 Å². The molecule has 1 aliphatic rings. The molecule has 0 bridgehead atoms. The third-order valence-corrected chi connectivity index (χ3v) is 14.5. The molecule has 10 aromatic carbocycles. The first-order valence-corrected chi connectivity index (χ1v) is 23.2. The van der Waals surface area contributed by atoms with Gasteiger partial charge < -0.3 is 9.13 Å². The number of aromatic nitrogens is 4. The smallest absolute Gasteiger partial charge is 0.160 e. The molecule has 0 spiro atoms. The molecule has 0 aliphatic heterocycles. The van der Waals surface area contributed by atoms with Crippen LogP contribution in [0.1, 0.15) is 25.0 Å². The normalized spacial score (nSPS) is 13.0. The van der Waals surface area contributed by atoms with Crippen LogP contribution in [0.2, 0.25) is 0 Å². The van der Waals surface area contributed by atoms with Crippen LogP contribution in [0.4, 0.5) is 0 Å². The van der Waals surface area contributed by atoms with E-state index in [0.29, 0.717) is 5.82 Å². The minimum absolute atomic E-state index is 0.0820. The first-order valence-electron chi connectivity index (χ1n) is 23.2. The largest absolute Gasteiger partial charge is 0.309 e. The number of rotatable bonds is 5. The molecule has 0 fully saturated rings. The van der Waals surface area contributed by atoms with Gasteiger partial charge in [-0.3, -0.25) is 0 Å². The lowest BCUT2D eigenvalue weighted by Crippen LogP contribution is -2.14. The second-order valence-corrected chi connectivity index (χ2v) is 18.6. The van der Waals surface area contributed by atoms with Crippen molar-refractivity contribution in [3.63, 3.8) is 0 Å². The van der Waals surface area contributed by atoms with Crippen molar-refractivity contribution >= 4 is 65.3 Å². The number of benzene rings is 10. The van der Waals surface area contributed by atoms with Crippen molar-refractivity contribution in [3.8, 4) is 56.3 Å². The maximum absolute atomic E-state index is 5.56. The zero-order valence-corrected chi connectivity index (χ0v) is 37.1. The Balaban J connectivity index is 0.945. The number of hydrogen-bond donors (Lipinski definition) is 0. The fourth-order valence-corrected chi connectivity index (χ4v) is 11.3.